The zero-order valence-corrected chi connectivity index (χ0v) is 29.7. The maximum atomic E-state index is 12.5. The van der Waals surface area contributed by atoms with Crippen LogP contribution in [0, 0.1) is 0 Å². The van der Waals surface area contributed by atoms with Crippen LogP contribution in [0.2, 0.25) is 0 Å². The molecule has 0 rings (SSSR count). The van der Waals surface area contributed by atoms with E-state index in [1.54, 1.807) is 0 Å². The molecule has 44 heavy (non-hydrogen) atoms. The molecule has 4 nitrogen and oxygen atoms in total. The predicted molar refractivity (Wildman–Crippen MR) is 190 cm³/mol. The molecule has 0 spiro atoms. The summed E-state index contributed by atoms with van der Waals surface area (Å²) >= 11 is 0. The van der Waals surface area contributed by atoms with Crippen molar-refractivity contribution in [1.29, 1.82) is 0 Å². The molecule has 0 saturated heterocycles. The van der Waals surface area contributed by atoms with Gasteiger partial charge in [0, 0.05) is 12.8 Å². The van der Waals surface area contributed by atoms with Crippen molar-refractivity contribution in [2.75, 3.05) is 0 Å². The molecule has 0 fully saturated rings. The lowest BCUT2D eigenvalue weighted by Crippen LogP contribution is -2.18. The van der Waals surface area contributed by atoms with Gasteiger partial charge in [0.05, 0.1) is 0 Å². The fourth-order valence-electron chi connectivity index (χ4n) is 6.06. The molecule has 1 atom stereocenters. The molecule has 0 saturated carbocycles. The van der Waals surface area contributed by atoms with E-state index in [0.717, 1.165) is 57.8 Å². The monoisotopic (exact) mass is 621 g/mol. The van der Waals surface area contributed by atoms with Crippen LogP contribution in [0.25, 0.3) is 0 Å². The summed E-state index contributed by atoms with van der Waals surface area (Å²) in [6.45, 7) is 4.53. The van der Waals surface area contributed by atoms with E-state index in [2.05, 4.69) is 26.0 Å². The third-order valence-electron chi connectivity index (χ3n) is 8.99. The van der Waals surface area contributed by atoms with Crippen LogP contribution >= 0.6 is 0 Å². The summed E-state index contributed by atoms with van der Waals surface area (Å²) in [6, 6.07) is 0. The Hall–Kier alpha value is -1.32. The zero-order chi connectivity index (χ0) is 32.2. The Morgan fingerprint density at radius 1 is 0.477 bits per heavy atom. The molecule has 0 heterocycles. The number of esters is 1. The maximum absolute atomic E-state index is 12.5. The van der Waals surface area contributed by atoms with Crippen LogP contribution in [0.15, 0.2) is 12.2 Å². The van der Waals surface area contributed by atoms with Gasteiger partial charge in [-0.15, -0.1) is 0 Å². The summed E-state index contributed by atoms with van der Waals surface area (Å²) in [6.07, 6.45) is 43.9. The first-order valence-corrected chi connectivity index (χ1v) is 19.7. The summed E-state index contributed by atoms with van der Waals surface area (Å²) in [5, 5.41) is 8.80. The Morgan fingerprint density at radius 3 is 1.23 bits per heavy atom. The van der Waals surface area contributed by atoms with Gasteiger partial charge in [-0.3, -0.25) is 9.59 Å². The van der Waals surface area contributed by atoms with Crippen LogP contribution in [0.4, 0.5) is 0 Å². The zero-order valence-electron chi connectivity index (χ0n) is 29.7. The van der Waals surface area contributed by atoms with Crippen molar-refractivity contribution in [2.45, 2.75) is 232 Å². The third kappa shape index (κ3) is 35.2. The minimum atomic E-state index is -0.710. The number of allylic oxidation sites excluding steroid dienone is 2. The lowest BCUT2D eigenvalue weighted by Gasteiger charge is -2.18. The highest BCUT2D eigenvalue weighted by Gasteiger charge is 2.14. The summed E-state index contributed by atoms with van der Waals surface area (Å²) in [4.78, 5) is 23.2. The quantitative estimate of drug-likeness (QED) is 0.0430. The van der Waals surface area contributed by atoms with E-state index in [-0.39, 0.29) is 18.5 Å². The number of carboxylic acid groups (broad SMARTS) is 1. The van der Waals surface area contributed by atoms with E-state index in [1.807, 2.05) is 0 Å². The average molecular weight is 621 g/mol. The number of hydrogen-bond acceptors (Lipinski definition) is 3. The van der Waals surface area contributed by atoms with Crippen molar-refractivity contribution in [1.82, 2.24) is 0 Å². The number of carbonyl (C=O) groups excluding carboxylic acids is 1. The lowest BCUT2D eigenvalue weighted by atomic mass is 10.0. The predicted octanol–water partition coefficient (Wildman–Crippen LogP) is 13.5. The van der Waals surface area contributed by atoms with Gasteiger partial charge < -0.3 is 9.84 Å². The number of carbonyl (C=O) groups is 2. The van der Waals surface area contributed by atoms with Crippen LogP contribution in [0.5, 0.6) is 0 Å². The summed E-state index contributed by atoms with van der Waals surface area (Å²) in [7, 11) is 0. The molecular weight excluding hydrogens is 544 g/mol. The molecule has 1 N–H and O–H groups in total. The van der Waals surface area contributed by atoms with Crippen LogP contribution in [0.3, 0.4) is 0 Å². The fourth-order valence-corrected chi connectivity index (χ4v) is 6.06. The minimum Gasteiger partial charge on any atom is -0.481 e. The van der Waals surface area contributed by atoms with Gasteiger partial charge in [-0.25, -0.2) is 0 Å². The maximum Gasteiger partial charge on any atom is 0.306 e. The molecule has 0 aliphatic carbocycles. The van der Waals surface area contributed by atoms with Gasteiger partial charge in [0.1, 0.15) is 6.10 Å². The third-order valence-corrected chi connectivity index (χ3v) is 8.99. The van der Waals surface area contributed by atoms with Crippen molar-refractivity contribution >= 4 is 11.9 Å². The topological polar surface area (TPSA) is 63.6 Å². The number of ether oxygens (including phenoxy) is 1. The number of hydrogen-bond donors (Lipinski definition) is 1. The second kappa shape index (κ2) is 36.2. The first kappa shape index (κ1) is 42.7. The van der Waals surface area contributed by atoms with Gasteiger partial charge in [-0.1, -0.05) is 161 Å². The van der Waals surface area contributed by atoms with Crippen molar-refractivity contribution in [3.63, 3.8) is 0 Å². The molecule has 0 aliphatic heterocycles. The van der Waals surface area contributed by atoms with Gasteiger partial charge in [0.2, 0.25) is 0 Å². The highest BCUT2D eigenvalue weighted by atomic mass is 16.5. The number of rotatable bonds is 36. The highest BCUT2D eigenvalue weighted by Crippen LogP contribution is 2.18. The van der Waals surface area contributed by atoms with Crippen molar-refractivity contribution < 1.29 is 19.4 Å². The first-order chi connectivity index (χ1) is 21.6. The summed E-state index contributed by atoms with van der Waals surface area (Å²) < 4.78 is 5.93. The Labute approximate surface area is 275 Å². The molecular formula is C40H76O4. The molecule has 0 aliphatic rings. The molecule has 0 radical (unpaired) electrons. The Balaban J connectivity index is 3.73. The van der Waals surface area contributed by atoms with E-state index in [4.69, 9.17) is 9.84 Å². The van der Waals surface area contributed by atoms with Crippen LogP contribution < -0.4 is 0 Å². The van der Waals surface area contributed by atoms with Gasteiger partial charge in [-0.2, -0.15) is 0 Å². The van der Waals surface area contributed by atoms with Gasteiger partial charge in [0.25, 0.3) is 0 Å². The van der Waals surface area contributed by atoms with E-state index >= 15 is 0 Å². The summed E-state index contributed by atoms with van der Waals surface area (Å²) in [5.74, 6) is -0.725. The SMILES string of the molecule is CCCCCCCCCC/C=C\CCCCCCCCCCCC(=O)OC(CCCCCCCC)CCCCCCC(=O)O. The standard InChI is InChI=1S/C40H76O4/c1-3-5-7-9-11-12-13-14-15-16-17-18-19-20-21-22-23-24-25-27-33-37-40(43)44-38(34-30-26-10-8-6-4-2)35-31-28-29-32-36-39(41)42/h16-17,38H,3-15,18-37H2,1-2H3,(H,41,42)/b17-16-. The van der Waals surface area contributed by atoms with Crippen molar-refractivity contribution in [3.8, 4) is 0 Å². The van der Waals surface area contributed by atoms with Crippen LogP contribution in [-0.2, 0) is 14.3 Å². The van der Waals surface area contributed by atoms with Crippen LogP contribution in [-0.4, -0.2) is 23.1 Å². The summed E-state index contributed by atoms with van der Waals surface area (Å²) in [5.41, 5.74) is 0. The van der Waals surface area contributed by atoms with Crippen LogP contribution in [0.1, 0.15) is 226 Å². The van der Waals surface area contributed by atoms with Crippen molar-refractivity contribution in [3.05, 3.63) is 12.2 Å². The number of carboxylic acids is 1. The van der Waals surface area contributed by atoms with E-state index in [0.29, 0.717) is 6.42 Å². The molecule has 4 heteroatoms. The largest absolute Gasteiger partial charge is 0.481 e. The molecule has 0 amide bonds. The van der Waals surface area contributed by atoms with E-state index < -0.39 is 5.97 Å². The smallest absolute Gasteiger partial charge is 0.306 e. The Kier molecular flexibility index (Phi) is 35.1. The van der Waals surface area contributed by atoms with Gasteiger partial charge in [-0.05, 0) is 64.2 Å². The molecule has 260 valence electrons. The Bertz CT molecular complexity index is 629. The molecule has 0 bridgehead atoms. The van der Waals surface area contributed by atoms with Gasteiger partial charge >= 0.3 is 11.9 Å². The Morgan fingerprint density at radius 2 is 0.818 bits per heavy atom. The minimum absolute atomic E-state index is 0.0151. The fraction of sp³-hybridized carbons (Fsp3) is 0.900. The van der Waals surface area contributed by atoms with Gasteiger partial charge in [0.15, 0.2) is 0 Å². The second-order valence-corrected chi connectivity index (χ2v) is 13.5. The van der Waals surface area contributed by atoms with E-state index in [1.165, 1.54) is 141 Å². The molecule has 0 aromatic rings. The molecule has 0 aromatic carbocycles. The average Bonchev–Trinajstić information content (AvgIpc) is 3.01. The highest BCUT2D eigenvalue weighted by molar-refractivity contribution is 5.69. The normalized spacial score (nSPS) is 12.2. The number of aliphatic carboxylic acids is 1. The molecule has 1 unspecified atom stereocenters. The van der Waals surface area contributed by atoms with Crippen molar-refractivity contribution in [2.24, 2.45) is 0 Å². The van der Waals surface area contributed by atoms with E-state index in [9.17, 15) is 9.59 Å². The first-order valence-electron chi connectivity index (χ1n) is 19.7. The second-order valence-electron chi connectivity index (χ2n) is 13.5. The number of unbranched alkanes of at least 4 members (excludes halogenated alkanes) is 25. The lowest BCUT2D eigenvalue weighted by molar-refractivity contribution is -0.150. The molecule has 0 aromatic heterocycles.